The number of benzene rings is 1. The number of unbranched alkanes of at least 4 members (excludes halogenated alkanes) is 1. The van der Waals surface area contributed by atoms with Gasteiger partial charge in [0.25, 0.3) is 0 Å². The lowest BCUT2D eigenvalue weighted by Crippen LogP contribution is -2.41. The smallest absolute Gasteiger partial charge is 0.338 e. The van der Waals surface area contributed by atoms with E-state index in [1.165, 1.54) is 11.8 Å². The number of carbonyl (C=O) groups excluding carboxylic acids is 2. The Labute approximate surface area is 194 Å². The van der Waals surface area contributed by atoms with Crippen molar-refractivity contribution in [3.05, 3.63) is 35.0 Å². The zero-order chi connectivity index (χ0) is 23.4. The van der Waals surface area contributed by atoms with Crippen LogP contribution in [0.3, 0.4) is 0 Å². The van der Waals surface area contributed by atoms with Crippen LogP contribution in [0.15, 0.2) is 34.5 Å². The van der Waals surface area contributed by atoms with Crippen LogP contribution in [0, 0.1) is 0 Å². The van der Waals surface area contributed by atoms with Gasteiger partial charge in [-0.15, -0.1) is 0 Å². The number of thioether (sulfide) groups is 1. The fourth-order valence-electron chi connectivity index (χ4n) is 3.74. The molecule has 2 unspecified atom stereocenters. The van der Waals surface area contributed by atoms with Crippen LogP contribution in [0.5, 0.6) is 11.5 Å². The molecular weight excluding hydrogens is 428 g/mol. The molecule has 1 aromatic rings. The van der Waals surface area contributed by atoms with Crippen LogP contribution in [-0.2, 0) is 14.3 Å². The topological polar surface area (TPSA) is 77.4 Å². The highest BCUT2D eigenvalue weighted by Gasteiger charge is 2.47. The monoisotopic (exact) mass is 460 g/mol. The molecule has 0 spiro atoms. The molecule has 7 nitrogen and oxygen atoms in total. The number of rotatable bonds is 9. The van der Waals surface area contributed by atoms with E-state index in [4.69, 9.17) is 14.2 Å². The first-order valence-corrected chi connectivity index (χ1v) is 12.0. The minimum absolute atomic E-state index is 0.0502. The Morgan fingerprint density at radius 2 is 2.00 bits per heavy atom. The zero-order valence-corrected chi connectivity index (χ0v) is 20.5. The van der Waals surface area contributed by atoms with Gasteiger partial charge in [-0.25, -0.2) is 9.79 Å². The van der Waals surface area contributed by atoms with Gasteiger partial charge in [0.05, 0.1) is 42.4 Å². The highest BCUT2D eigenvalue weighted by molar-refractivity contribution is 8.15. The maximum absolute atomic E-state index is 13.2. The SMILES string of the molecule is CCCCOc1ccc(C2C(C(=O)OC(C)C)=C(C)N=C3SC(CC)C(=O)N32)cc1OC. The van der Waals surface area contributed by atoms with Gasteiger partial charge in [0.15, 0.2) is 16.7 Å². The summed E-state index contributed by atoms with van der Waals surface area (Å²) in [6.07, 6.45) is 2.37. The molecule has 1 saturated heterocycles. The first-order chi connectivity index (χ1) is 15.3. The van der Waals surface area contributed by atoms with Crippen LogP contribution >= 0.6 is 11.8 Å². The molecule has 2 atom stereocenters. The Kier molecular flexibility index (Phi) is 7.87. The largest absolute Gasteiger partial charge is 0.493 e. The van der Waals surface area contributed by atoms with Crippen molar-refractivity contribution in [3.63, 3.8) is 0 Å². The lowest BCUT2D eigenvalue weighted by molar-refractivity contribution is -0.143. The minimum Gasteiger partial charge on any atom is -0.493 e. The molecular formula is C24H32N2O5S. The lowest BCUT2D eigenvalue weighted by Gasteiger charge is -2.33. The van der Waals surface area contributed by atoms with Crippen molar-refractivity contribution < 1.29 is 23.8 Å². The molecule has 0 aliphatic carbocycles. The Hall–Kier alpha value is -2.48. The molecule has 2 aliphatic heterocycles. The molecule has 3 rings (SSSR count). The molecule has 2 aliphatic rings. The molecule has 174 valence electrons. The van der Waals surface area contributed by atoms with Gasteiger partial charge in [0.2, 0.25) is 5.91 Å². The summed E-state index contributed by atoms with van der Waals surface area (Å²) >= 11 is 1.44. The van der Waals surface area contributed by atoms with Crippen molar-refractivity contribution in [3.8, 4) is 11.5 Å². The van der Waals surface area contributed by atoms with E-state index in [0.29, 0.717) is 41.0 Å². The van der Waals surface area contributed by atoms with Crippen molar-refractivity contribution in [2.75, 3.05) is 13.7 Å². The number of hydrogen-bond donors (Lipinski definition) is 0. The van der Waals surface area contributed by atoms with Gasteiger partial charge in [-0.2, -0.15) is 0 Å². The number of allylic oxidation sites excluding steroid dienone is 1. The number of nitrogens with zero attached hydrogens (tertiary/aromatic N) is 2. The summed E-state index contributed by atoms with van der Waals surface area (Å²) in [6.45, 7) is 10.1. The van der Waals surface area contributed by atoms with E-state index >= 15 is 0 Å². The Morgan fingerprint density at radius 1 is 1.25 bits per heavy atom. The number of aliphatic imine (C=N–C) groups is 1. The molecule has 8 heteroatoms. The molecule has 0 bridgehead atoms. The third-order valence-electron chi connectivity index (χ3n) is 5.34. The van der Waals surface area contributed by atoms with Crippen LogP contribution < -0.4 is 9.47 Å². The predicted molar refractivity (Wildman–Crippen MR) is 126 cm³/mol. The average Bonchev–Trinajstić information content (AvgIpc) is 3.07. The Balaban J connectivity index is 2.07. The molecule has 1 aromatic carbocycles. The number of hydrogen-bond acceptors (Lipinski definition) is 7. The number of esters is 1. The van der Waals surface area contributed by atoms with Gasteiger partial charge in [0.1, 0.15) is 0 Å². The third kappa shape index (κ3) is 4.80. The van der Waals surface area contributed by atoms with Crippen LogP contribution in [0.25, 0.3) is 0 Å². The van der Waals surface area contributed by atoms with Crippen LogP contribution in [0.1, 0.15) is 65.5 Å². The summed E-state index contributed by atoms with van der Waals surface area (Å²) in [7, 11) is 1.58. The zero-order valence-electron chi connectivity index (χ0n) is 19.6. The summed E-state index contributed by atoms with van der Waals surface area (Å²) in [5.41, 5.74) is 1.68. The Morgan fingerprint density at radius 3 is 2.62 bits per heavy atom. The maximum Gasteiger partial charge on any atom is 0.338 e. The highest BCUT2D eigenvalue weighted by Crippen LogP contribution is 2.45. The van der Waals surface area contributed by atoms with E-state index < -0.39 is 12.0 Å². The summed E-state index contributed by atoms with van der Waals surface area (Å²) in [5, 5.41) is 0.399. The normalized spacial score (nSPS) is 20.4. The molecule has 0 radical (unpaired) electrons. The molecule has 32 heavy (non-hydrogen) atoms. The molecule has 1 amide bonds. The van der Waals surface area contributed by atoms with Crippen molar-refractivity contribution >= 4 is 28.8 Å². The number of ether oxygens (including phenoxy) is 3. The minimum atomic E-state index is -0.635. The van der Waals surface area contributed by atoms with Crippen molar-refractivity contribution in [1.29, 1.82) is 0 Å². The van der Waals surface area contributed by atoms with Gasteiger partial charge in [-0.05, 0) is 51.3 Å². The second-order valence-corrected chi connectivity index (χ2v) is 9.26. The lowest BCUT2D eigenvalue weighted by atomic mass is 9.93. The number of fused-ring (bicyclic) bond motifs is 1. The summed E-state index contributed by atoms with van der Waals surface area (Å²) < 4.78 is 17.0. The first kappa shape index (κ1) is 24.2. The fourth-order valence-corrected chi connectivity index (χ4v) is 4.88. The van der Waals surface area contributed by atoms with Crippen LogP contribution in [0.4, 0.5) is 0 Å². The second kappa shape index (κ2) is 10.4. The average molecular weight is 461 g/mol. The standard InChI is InChI=1S/C24H32N2O5S/c1-7-9-12-30-17-11-10-16(13-18(17)29-6)21-20(23(28)31-14(3)4)15(5)25-24-26(21)22(27)19(8-2)32-24/h10-11,13-14,19,21H,7-9,12H2,1-6H3. The first-order valence-electron chi connectivity index (χ1n) is 11.1. The van der Waals surface area contributed by atoms with E-state index in [-0.39, 0.29) is 17.3 Å². The van der Waals surface area contributed by atoms with Gasteiger partial charge in [-0.1, -0.05) is 38.1 Å². The molecule has 0 N–H and O–H groups in total. The summed E-state index contributed by atoms with van der Waals surface area (Å²) in [4.78, 5) is 32.6. The van der Waals surface area contributed by atoms with Gasteiger partial charge in [-0.3, -0.25) is 9.69 Å². The van der Waals surface area contributed by atoms with Crippen molar-refractivity contribution in [2.24, 2.45) is 4.99 Å². The maximum atomic E-state index is 13.2. The van der Waals surface area contributed by atoms with E-state index in [9.17, 15) is 9.59 Å². The summed E-state index contributed by atoms with van der Waals surface area (Å²) in [5.74, 6) is 0.675. The molecule has 0 aromatic heterocycles. The molecule has 2 heterocycles. The van der Waals surface area contributed by atoms with E-state index in [0.717, 1.165) is 18.4 Å². The fraction of sp³-hybridized carbons (Fsp3) is 0.542. The number of amides is 1. The van der Waals surface area contributed by atoms with Gasteiger partial charge < -0.3 is 14.2 Å². The quantitative estimate of drug-likeness (QED) is 0.387. The van der Waals surface area contributed by atoms with Gasteiger partial charge >= 0.3 is 5.97 Å². The third-order valence-corrected chi connectivity index (χ3v) is 6.66. The number of carbonyl (C=O) groups is 2. The van der Waals surface area contributed by atoms with Crippen LogP contribution in [-0.4, -0.2) is 47.0 Å². The van der Waals surface area contributed by atoms with Crippen molar-refractivity contribution in [1.82, 2.24) is 4.90 Å². The molecule has 1 fully saturated rings. The predicted octanol–water partition coefficient (Wildman–Crippen LogP) is 4.86. The van der Waals surface area contributed by atoms with Crippen LogP contribution in [0.2, 0.25) is 0 Å². The van der Waals surface area contributed by atoms with E-state index in [2.05, 4.69) is 11.9 Å². The van der Waals surface area contributed by atoms with E-state index in [1.54, 1.807) is 32.8 Å². The van der Waals surface area contributed by atoms with Crippen molar-refractivity contribution in [2.45, 2.75) is 71.3 Å². The highest BCUT2D eigenvalue weighted by atomic mass is 32.2. The number of amidine groups is 1. The second-order valence-electron chi connectivity index (χ2n) is 8.09. The summed E-state index contributed by atoms with van der Waals surface area (Å²) in [6, 6.07) is 4.91. The number of methoxy groups -OCH3 is 1. The Bertz CT molecular complexity index is 940. The van der Waals surface area contributed by atoms with E-state index in [1.807, 2.05) is 25.1 Å². The molecule has 0 saturated carbocycles. The van der Waals surface area contributed by atoms with Gasteiger partial charge in [0, 0.05) is 0 Å².